The molecule has 0 saturated carbocycles. The van der Waals surface area contributed by atoms with Crippen LogP contribution in [0.3, 0.4) is 0 Å². The molecule has 0 aliphatic carbocycles. The lowest BCUT2D eigenvalue weighted by atomic mass is 9.95. The van der Waals surface area contributed by atoms with Crippen molar-refractivity contribution >= 4 is 32.3 Å². The van der Waals surface area contributed by atoms with Crippen molar-refractivity contribution in [3.05, 3.63) is 134 Å². The van der Waals surface area contributed by atoms with Gasteiger partial charge in [0.2, 0.25) is 11.8 Å². The number of pyridine rings is 2. The Balaban J connectivity index is 0.000000145. The van der Waals surface area contributed by atoms with Crippen molar-refractivity contribution in [2.45, 2.75) is 0 Å². The average Bonchev–Trinajstić information content (AvgIpc) is 3.05. The van der Waals surface area contributed by atoms with Crippen molar-refractivity contribution in [3.8, 4) is 34.0 Å². The molecule has 4 nitrogen and oxygen atoms in total. The fourth-order valence-corrected chi connectivity index (χ4v) is 5.18. The van der Waals surface area contributed by atoms with Gasteiger partial charge in [0.1, 0.15) is 0 Å². The van der Waals surface area contributed by atoms with Crippen LogP contribution in [0.25, 0.3) is 54.6 Å². The molecule has 0 radical (unpaired) electrons. The maximum absolute atomic E-state index is 5.27. The number of nitrogens with zero attached hydrogens (tertiary/aromatic N) is 2. The third kappa shape index (κ3) is 4.83. The average molecular weight is 521 g/mol. The molecule has 2 heterocycles. The van der Waals surface area contributed by atoms with E-state index in [1.54, 1.807) is 20.4 Å². The van der Waals surface area contributed by atoms with Crippen molar-refractivity contribution in [1.82, 2.24) is 9.97 Å². The topological polar surface area (TPSA) is 44.2 Å². The zero-order valence-electron chi connectivity index (χ0n) is 22.4. The molecule has 4 heteroatoms. The number of rotatable bonds is 4. The number of aromatic nitrogens is 2. The van der Waals surface area contributed by atoms with Crippen molar-refractivity contribution in [1.29, 1.82) is 0 Å². The van der Waals surface area contributed by atoms with Crippen LogP contribution in [-0.2, 0) is 0 Å². The van der Waals surface area contributed by atoms with E-state index in [1.165, 1.54) is 49.0 Å². The molecular formula is C36H28N2O2. The number of hydrogen-bond acceptors (Lipinski definition) is 4. The summed E-state index contributed by atoms with van der Waals surface area (Å²) in [5.41, 5.74) is 4.70. The van der Waals surface area contributed by atoms with E-state index in [9.17, 15) is 0 Å². The van der Waals surface area contributed by atoms with Crippen molar-refractivity contribution < 1.29 is 9.47 Å². The third-order valence-electron chi connectivity index (χ3n) is 7.08. The summed E-state index contributed by atoms with van der Waals surface area (Å²) in [5.74, 6) is 1.28. The molecule has 0 aliphatic heterocycles. The number of methoxy groups -OCH3 is 2. The molecular weight excluding hydrogens is 492 g/mol. The minimum absolute atomic E-state index is 0.630. The molecule has 0 bridgehead atoms. The Hall–Kier alpha value is -5.22. The summed E-state index contributed by atoms with van der Waals surface area (Å²) in [6.07, 6.45) is 3.68. The Labute approximate surface area is 233 Å². The van der Waals surface area contributed by atoms with E-state index in [1.807, 2.05) is 30.5 Å². The lowest BCUT2D eigenvalue weighted by Gasteiger charge is -2.10. The smallest absolute Gasteiger partial charge is 0.213 e. The molecule has 7 aromatic rings. The van der Waals surface area contributed by atoms with E-state index in [2.05, 4.69) is 107 Å². The quantitative estimate of drug-likeness (QED) is 0.217. The van der Waals surface area contributed by atoms with Gasteiger partial charge in [0.05, 0.1) is 14.2 Å². The van der Waals surface area contributed by atoms with E-state index < -0.39 is 0 Å². The molecule has 0 saturated heterocycles. The Morgan fingerprint density at radius 2 is 0.925 bits per heavy atom. The van der Waals surface area contributed by atoms with Gasteiger partial charge in [-0.25, -0.2) is 9.97 Å². The summed E-state index contributed by atoms with van der Waals surface area (Å²) in [6.45, 7) is 0. The van der Waals surface area contributed by atoms with Gasteiger partial charge in [-0.3, -0.25) is 0 Å². The molecule has 0 fully saturated rings. The standard InChI is InChI=1S/C18H13NO.C18H15NO/c1-20-18-10-16-14-8-4-2-6-12(14)13-7-3-5-9-15(13)17(16)11-19-18;1-20-18-13-15(11-12-19-18)17-10-6-5-9-16(17)14-7-3-2-4-8-14/h2-11H,1H3;2-13H,1H3. The highest BCUT2D eigenvalue weighted by atomic mass is 16.5. The molecule has 0 aliphatic rings. The van der Waals surface area contributed by atoms with Gasteiger partial charge < -0.3 is 9.47 Å². The molecule has 40 heavy (non-hydrogen) atoms. The van der Waals surface area contributed by atoms with Gasteiger partial charge in [-0.1, -0.05) is 103 Å². The van der Waals surface area contributed by atoms with E-state index in [4.69, 9.17) is 9.47 Å². The van der Waals surface area contributed by atoms with Gasteiger partial charge >= 0.3 is 0 Å². The molecule has 0 spiro atoms. The second kappa shape index (κ2) is 11.3. The summed E-state index contributed by atoms with van der Waals surface area (Å²) in [4.78, 5) is 8.52. The normalized spacial score (nSPS) is 10.8. The minimum Gasteiger partial charge on any atom is -0.481 e. The van der Waals surface area contributed by atoms with Crippen LogP contribution in [0.15, 0.2) is 134 Å². The van der Waals surface area contributed by atoms with E-state index >= 15 is 0 Å². The molecule has 2 aromatic heterocycles. The molecule has 0 unspecified atom stereocenters. The fraction of sp³-hybridized carbons (Fsp3) is 0.0556. The summed E-state index contributed by atoms with van der Waals surface area (Å²) in [6, 6.07) is 41.7. The minimum atomic E-state index is 0.630. The molecule has 0 amide bonds. The highest BCUT2D eigenvalue weighted by molar-refractivity contribution is 6.25. The predicted octanol–water partition coefficient (Wildman–Crippen LogP) is 8.97. The fourth-order valence-electron chi connectivity index (χ4n) is 5.18. The van der Waals surface area contributed by atoms with Crippen LogP contribution in [0.2, 0.25) is 0 Å². The molecule has 7 rings (SSSR count). The second-order valence-electron chi connectivity index (χ2n) is 9.36. The second-order valence-corrected chi connectivity index (χ2v) is 9.36. The van der Waals surface area contributed by atoms with Crippen LogP contribution in [0.1, 0.15) is 0 Å². The number of benzene rings is 5. The zero-order valence-corrected chi connectivity index (χ0v) is 22.4. The monoisotopic (exact) mass is 520 g/mol. The van der Waals surface area contributed by atoms with Crippen LogP contribution in [0, 0.1) is 0 Å². The van der Waals surface area contributed by atoms with Crippen LogP contribution < -0.4 is 9.47 Å². The lowest BCUT2D eigenvalue weighted by molar-refractivity contribution is 0.398. The first-order valence-electron chi connectivity index (χ1n) is 13.1. The summed E-state index contributed by atoms with van der Waals surface area (Å²) >= 11 is 0. The van der Waals surface area contributed by atoms with Gasteiger partial charge in [-0.05, 0) is 55.3 Å². The first-order chi connectivity index (χ1) is 19.8. The summed E-state index contributed by atoms with van der Waals surface area (Å²) < 4.78 is 10.5. The number of hydrogen-bond donors (Lipinski definition) is 0. The Morgan fingerprint density at radius 1 is 0.425 bits per heavy atom. The van der Waals surface area contributed by atoms with Crippen LogP contribution in [-0.4, -0.2) is 24.2 Å². The van der Waals surface area contributed by atoms with Crippen molar-refractivity contribution in [3.63, 3.8) is 0 Å². The first-order valence-corrected chi connectivity index (χ1v) is 13.1. The third-order valence-corrected chi connectivity index (χ3v) is 7.08. The van der Waals surface area contributed by atoms with E-state index in [0.29, 0.717) is 11.8 Å². The first kappa shape index (κ1) is 25.1. The van der Waals surface area contributed by atoms with Gasteiger partial charge in [-0.15, -0.1) is 0 Å². The number of fused-ring (bicyclic) bond motifs is 6. The maximum atomic E-state index is 5.27. The highest BCUT2D eigenvalue weighted by Gasteiger charge is 2.10. The molecule has 0 atom stereocenters. The largest absolute Gasteiger partial charge is 0.481 e. The predicted molar refractivity (Wildman–Crippen MR) is 165 cm³/mol. The zero-order chi connectivity index (χ0) is 27.3. The van der Waals surface area contributed by atoms with Gasteiger partial charge in [0, 0.05) is 29.9 Å². The maximum Gasteiger partial charge on any atom is 0.213 e. The van der Waals surface area contributed by atoms with Gasteiger partial charge in [-0.2, -0.15) is 0 Å². The van der Waals surface area contributed by atoms with Crippen LogP contribution >= 0.6 is 0 Å². The van der Waals surface area contributed by atoms with Crippen LogP contribution in [0.4, 0.5) is 0 Å². The molecule has 194 valence electrons. The molecule has 5 aromatic carbocycles. The van der Waals surface area contributed by atoms with Gasteiger partial charge in [0.25, 0.3) is 0 Å². The summed E-state index contributed by atoms with van der Waals surface area (Å²) in [7, 11) is 3.28. The van der Waals surface area contributed by atoms with Crippen LogP contribution in [0.5, 0.6) is 11.8 Å². The molecule has 0 N–H and O–H groups in total. The Morgan fingerprint density at radius 3 is 1.55 bits per heavy atom. The van der Waals surface area contributed by atoms with E-state index in [-0.39, 0.29) is 0 Å². The van der Waals surface area contributed by atoms with Crippen molar-refractivity contribution in [2.75, 3.05) is 14.2 Å². The van der Waals surface area contributed by atoms with Gasteiger partial charge in [0.15, 0.2) is 0 Å². The highest BCUT2D eigenvalue weighted by Crippen LogP contribution is 2.36. The Kier molecular flexibility index (Phi) is 7.06. The summed E-state index contributed by atoms with van der Waals surface area (Å²) in [5, 5.41) is 7.36. The van der Waals surface area contributed by atoms with Crippen molar-refractivity contribution in [2.24, 2.45) is 0 Å². The van der Waals surface area contributed by atoms with E-state index in [0.717, 1.165) is 5.56 Å². The lowest BCUT2D eigenvalue weighted by Crippen LogP contribution is -1.89. The number of ether oxygens (including phenoxy) is 2. The Bertz CT molecular complexity index is 1900. The SMILES string of the molecule is COc1cc(-c2ccccc2-c2ccccc2)ccn1.COc1cc2c3ccccc3c3ccccc3c2cn1.